The van der Waals surface area contributed by atoms with Gasteiger partial charge in [-0.3, -0.25) is 9.59 Å². The van der Waals surface area contributed by atoms with E-state index in [1.807, 2.05) is 0 Å². The Morgan fingerprint density at radius 3 is 2.57 bits per heavy atom. The SMILES string of the molecule is Cc1cc(C(=O)N2C[C@@H](C(=O)O)[C@H](c3ccc(Cl)cc3)C2)no1. The maximum absolute atomic E-state index is 12.4. The van der Waals surface area contributed by atoms with Crippen molar-refractivity contribution in [2.24, 2.45) is 5.92 Å². The molecule has 0 aliphatic carbocycles. The van der Waals surface area contributed by atoms with Gasteiger partial charge in [0.2, 0.25) is 0 Å². The van der Waals surface area contributed by atoms with Gasteiger partial charge in [-0.2, -0.15) is 0 Å². The first-order chi connectivity index (χ1) is 11.0. The molecule has 1 aliphatic rings. The number of rotatable bonds is 3. The Bertz CT molecular complexity index is 741. The van der Waals surface area contributed by atoms with Crippen molar-refractivity contribution in [1.82, 2.24) is 10.1 Å². The smallest absolute Gasteiger partial charge is 0.308 e. The van der Waals surface area contributed by atoms with Gasteiger partial charge < -0.3 is 14.5 Å². The lowest BCUT2D eigenvalue weighted by molar-refractivity contribution is -0.141. The van der Waals surface area contributed by atoms with E-state index < -0.39 is 11.9 Å². The normalized spacial score (nSPS) is 20.7. The minimum atomic E-state index is -0.920. The fraction of sp³-hybridized carbons (Fsp3) is 0.312. The lowest BCUT2D eigenvalue weighted by Gasteiger charge is -2.15. The second-order valence-electron chi connectivity index (χ2n) is 5.64. The number of aromatic nitrogens is 1. The zero-order chi connectivity index (χ0) is 16.6. The Morgan fingerprint density at radius 2 is 2.00 bits per heavy atom. The second-order valence-corrected chi connectivity index (χ2v) is 6.07. The molecule has 0 bridgehead atoms. The van der Waals surface area contributed by atoms with Gasteiger partial charge in [0.1, 0.15) is 5.76 Å². The van der Waals surface area contributed by atoms with Crippen molar-refractivity contribution in [3.63, 3.8) is 0 Å². The molecule has 7 heteroatoms. The molecule has 1 fully saturated rings. The van der Waals surface area contributed by atoms with Crippen LogP contribution in [0.1, 0.15) is 27.7 Å². The first-order valence-corrected chi connectivity index (χ1v) is 7.54. The first-order valence-electron chi connectivity index (χ1n) is 7.16. The quantitative estimate of drug-likeness (QED) is 0.932. The van der Waals surface area contributed by atoms with Gasteiger partial charge in [-0.15, -0.1) is 0 Å². The predicted octanol–water partition coefficient (Wildman–Crippen LogP) is 2.58. The number of carbonyl (C=O) groups is 2. The highest BCUT2D eigenvalue weighted by atomic mass is 35.5. The van der Waals surface area contributed by atoms with Crippen LogP contribution in [0.15, 0.2) is 34.9 Å². The molecule has 3 rings (SSSR count). The molecule has 1 amide bonds. The van der Waals surface area contributed by atoms with Crippen molar-refractivity contribution < 1.29 is 19.2 Å². The predicted molar refractivity (Wildman–Crippen MR) is 82.5 cm³/mol. The van der Waals surface area contributed by atoms with Crippen LogP contribution in [0.25, 0.3) is 0 Å². The van der Waals surface area contributed by atoms with Crippen LogP contribution in [-0.2, 0) is 4.79 Å². The number of hydrogen-bond acceptors (Lipinski definition) is 4. The zero-order valence-corrected chi connectivity index (χ0v) is 13.2. The van der Waals surface area contributed by atoms with Crippen LogP contribution in [0, 0.1) is 12.8 Å². The van der Waals surface area contributed by atoms with Crippen LogP contribution < -0.4 is 0 Å². The summed E-state index contributed by atoms with van der Waals surface area (Å²) in [5.74, 6) is -1.63. The Morgan fingerprint density at radius 1 is 1.30 bits per heavy atom. The molecular weight excluding hydrogens is 320 g/mol. The Labute approximate surface area is 137 Å². The second kappa shape index (κ2) is 6.04. The van der Waals surface area contributed by atoms with Gasteiger partial charge in [0.05, 0.1) is 5.92 Å². The van der Waals surface area contributed by atoms with Gasteiger partial charge >= 0.3 is 5.97 Å². The molecule has 2 heterocycles. The molecule has 0 saturated carbocycles. The lowest BCUT2D eigenvalue weighted by atomic mass is 9.89. The minimum absolute atomic E-state index is 0.146. The van der Waals surface area contributed by atoms with E-state index in [9.17, 15) is 14.7 Å². The number of hydrogen-bond donors (Lipinski definition) is 1. The van der Waals surface area contributed by atoms with Crippen LogP contribution in [0.4, 0.5) is 0 Å². The topological polar surface area (TPSA) is 83.6 Å². The summed E-state index contributed by atoms with van der Waals surface area (Å²) < 4.78 is 4.92. The molecule has 1 N–H and O–H groups in total. The number of aliphatic carboxylic acids is 1. The molecule has 1 aliphatic heterocycles. The Hall–Kier alpha value is -2.34. The summed E-state index contributed by atoms with van der Waals surface area (Å²) in [5, 5.41) is 13.8. The van der Waals surface area contributed by atoms with Crippen LogP contribution in [0.3, 0.4) is 0 Å². The van der Waals surface area contributed by atoms with Crippen molar-refractivity contribution >= 4 is 23.5 Å². The molecule has 120 valence electrons. The summed E-state index contributed by atoms with van der Waals surface area (Å²) in [4.78, 5) is 25.5. The van der Waals surface area contributed by atoms with E-state index in [1.165, 1.54) is 4.90 Å². The standard InChI is InChI=1S/C16H15ClN2O4/c1-9-6-14(18-23-9)15(20)19-7-12(13(8-19)16(21)22)10-2-4-11(17)5-3-10/h2-6,12-13H,7-8H2,1H3,(H,21,22)/t12-,13+/m0/s1. The van der Waals surface area contributed by atoms with E-state index in [-0.39, 0.29) is 24.1 Å². The fourth-order valence-corrected chi connectivity index (χ4v) is 3.02. The van der Waals surface area contributed by atoms with Crippen molar-refractivity contribution in [3.05, 3.63) is 52.4 Å². The summed E-state index contributed by atoms with van der Waals surface area (Å²) in [7, 11) is 0. The number of nitrogens with zero attached hydrogens (tertiary/aromatic N) is 2. The summed E-state index contributed by atoms with van der Waals surface area (Å²) in [6.07, 6.45) is 0. The van der Waals surface area contributed by atoms with Gasteiger partial charge in [0, 0.05) is 30.1 Å². The third kappa shape index (κ3) is 3.07. The maximum Gasteiger partial charge on any atom is 0.308 e. The van der Waals surface area contributed by atoms with Crippen molar-refractivity contribution in [2.75, 3.05) is 13.1 Å². The molecule has 0 spiro atoms. The molecule has 1 saturated heterocycles. The molecule has 0 unspecified atom stereocenters. The van der Waals surface area contributed by atoms with Crippen LogP contribution in [-0.4, -0.2) is 40.1 Å². The summed E-state index contributed by atoms with van der Waals surface area (Å²) in [5.41, 5.74) is 1.05. The molecule has 23 heavy (non-hydrogen) atoms. The van der Waals surface area contributed by atoms with E-state index in [2.05, 4.69) is 5.16 Å². The van der Waals surface area contributed by atoms with Gasteiger partial charge in [0.25, 0.3) is 5.91 Å². The molecule has 6 nitrogen and oxygen atoms in total. The van der Waals surface area contributed by atoms with E-state index >= 15 is 0 Å². The van der Waals surface area contributed by atoms with E-state index in [4.69, 9.17) is 16.1 Å². The average molecular weight is 335 g/mol. The monoisotopic (exact) mass is 334 g/mol. The number of halogens is 1. The highest BCUT2D eigenvalue weighted by Crippen LogP contribution is 2.34. The molecule has 0 radical (unpaired) electrons. The van der Waals surface area contributed by atoms with Crippen LogP contribution >= 0.6 is 11.6 Å². The minimum Gasteiger partial charge on any atom is -0.481 e. The third-order valence-corrected chi connectivity index (χ3v) is 4.32. The number of carbonyl (C=O) groups excluding carboxylic acids is 1. The number of carboxylic acids is 1. The Balaban J connectivity index is 1.85. The van der Waals surface area contributed by atoms with Crippen molar-refractivity contribution in [3.8, 4) is 0 Å². The number of amides is 1. The number of likely N-dealkylation sites (tertiary alicyclic amines) is 1. The number of aryl methyl sites for hydroxylation is 1. The summed E-state index contributed by atoms with van der Waals surface area (Å²) >= 11 is 5.88. The molecular formula is C16H15ClN2O4. The fourth-order valence-electron chi connectivity index (χ4n) is 2.90. The Kier molecular flexibility index (Phi) is 4.09. The highest BCUT2D eigenvalue weighted by molar-refractivity contribution is 6.30. The van der Waals surface area contributed by atoms with Crippen LogP contribution in [0.5, 0.6) is 0 Å². The zero-order valence-electron chi connectivity index (χ0n) is 12.4. The maximum atomic E-state index is 12.4. The summed E-state index contributed by atoms with van der Waals surface area (Å²) in [6, 6.07) is 8.60. The van der Waals surface area contributed by atoms with Crippen molar-refractivity contribution in [2.45, 2.75) is 12.8 Å². The van der Waals surface area contributed by atoms with Crippen molar-refractivity contribution in [1.29, 1.82) is 0 Å². The lowest BCUT2D eigenvalue weighted by Crippen LogP contribution is -2.30. The van der Waals surface area contributed by atoms with Crippen LogP contribution in [0.2, 0.25) is 5.02 Å². The number of benzene rings is 1. The molecule has 2 aromatic rings. The van der Waals surface area contributed by atoms with Gasteiger partial charge in [-0.1, -0.05) is 28.9 Å². The van der Waals surface area contributed by atoms with Gasteiger partial charge in [-0.05, 0) is 24.6 Å². The third-order valence-electron chi connectivity index (χ3n) is 4.07. The first kappa shape index (κ1) is 15.6. The molecule has 2 atom stereocenters. The van der Waals surface area contributed by atoms with E-state index in [0.29, 0.717) is 17.3 Å². The molecule has 1 aromatic heterocycles. The summed E-state index contributed by atoms with van der Waals surface area (Å²) in [6.45, 7) is 2.17. The van der Waals surface area contributed by atoms with E-state index in [0.717, 1.165) is 5.56 Å². The average Bonchev–Trinajstić information content (AvgIpc) is 3.14. The van der Waals surface area contributed by atoms with Gasteiger partial charge in [-0.25, -0.2) is 0 Å². The number of carboxylic acid groups (broad SMARTS) is 1. The van der Waals surface area contributed by atoms with E-state index in [1.54, 1.807) is 37.3 Å². The largest absolute Gasteiger partial charge is 0.481 e. The molecule has 1 aromatic carbocycles. The van der Waals surface area contributed by atoms with Gasteiger partial charge in [0.15, 0.2) is 5.69 Å². The highest BCUT2D eigenvalue weighted by Gasteiger charge is 2.41.